The number of nitriles is 1. The second-order valence-electron chi connectivity index (χ2n) is 9.21. The van der Waals surface area contributed by atoms with Crippen molar-refractivity contribution in [2.24, 2.45) is 0 Å². The number of imidazole rings is 1. The molecule has 0 spiro atoms. The maximum Gasteiger partial charge on any atom is 0.401 e. The molecule has 0 bridgehead atoms. The molecule has 0 amide bonds. The molecule has 37 heavy (non-hydrogen) atoms. The summed E-state index contributed by atoms with van der Waals surface area (Å²) in [6.07, 6.45) is 5.11. The number of halogens is 3. The first-order valence-electron chi connectivity index (χ1n) is 11.2. The molecule has 0 aromatic carbocycles. The molecule has 194 valence electrons. The fraction of sp³-hybridized carbons (Fsp3) is 0.409. The van der Waals surface area contributed by atoms with Crippen LogP contribution < -0.4 is 0 Å². The number of alkyl halides is 3. The van der Waals surface area contributed by atoms with Gasteiger partial charge in [-0.1, -0.05) is 0 Å². The Morgan fingerprint density at radius 1 is 1.22 bits per heavy atom. The first kappa shape index (κ1) is 24.9. The normalized spacial score (nSPS) is 16.1. The van der Waals surface area contributed by atoms with Crippen molar-refractivity contribution in [2.45, 2.75) is 24.7 Å². The van der Waals surface area contributed by atoms with Gasteiger partial charge < -0.3 is 0 Å². The SMILES string of the molecule is CS(=O)(=O)CCn1cc(-c2cc3nccn3c(-c3ccn(C4(CC#N)CN(CC(F)(F)F)C4)n3)n2)cn1. The number of aryl methyl sites for hydroxylation is 1. The molecular weight excluding hydrogens is 511 g/mol. The van der Waals surface area contributed by atoms with E-state index in [2.05, 4.69) is 21.3 Å². The van der Waals surface area contributed by atoms with Crippen molar-refractivity contribution in [2.75, 3.05) is 31.6 Å². The van der Waals surface area contributed by atoms with Crippen LogP contribution in [0.5, 0.6) is 0 Å². The monoisotopic (exact) mass is 533 g/mol. The molecule has 0 saturated carbocycles. The summed E-state index contributed by atoms with van der Waals surface area (Å²) in [6, 6.07) is 5.53. The maximum atomic E-state index is 12.8. The number of aromatic nitrogens is 7. The maximum absolute atomic E-state index is 12.8. The Morgan fingerprint density at radius 2 is 2.00 bits per heavy atom. The lowest BCUT2D eigenvalue weighted by Crippen LogP contribution is -2.64. The van der Waals surface area contributed by atoms with Gasteiger partial charge >= 0.3 is 6.18 Å². The Labute approximate surface area is 209 Å². The summed E-state index contributed by atoms with van der Waals surface area (Å²) < 4.78 is 66.2. The van der Waals surface area contributed by atoms with Gasteiger partial charge in [-0.05, 0) is 6.07 Å². The number of sulfone groups is 1. The van der Waals surface area contributed by atoms with Crippen molar-refractivity contribution >= 4 is 15.5 Å². The van der Waals surface area contributed by atoms with Crippen molar-refractivity contribution in [3.63, 3.8) is 0 Å². The Hall–Kier alpha value is -3.77. The second kappa shape index (κ2) is 8.96. The van der Waals surface area contributed by atoms with Crippen LogP contribution in [0.15, 0.2) is 43.1 Å². The summed E-state index contributed by atoms with van der Waals surface area (Å²) in [5, 5.41) is 18.2. The smallest absolute Gasteiger partial charge is 0.290 e. The molecular formula is C22H22F3N9O2S. The summed E-state index contributed by atoms with van der Waals surface area (Å²) in [5.41, 5.74) is 1.39. The van der Waals surface area contributed by atoms with Gasteiger partial charge in [-0.2, -0.15) is 28.6 Å². The Kier molecular flexibility index (Phi) is 6.03. The van der Waals surface area contributed by atoms with Crippen molar-refractivity contribution in [1.29, 1.82) is 5.26 Å². The molecule has 5 rings (SSSR count). The van der Waals surface area contributed by atoms with Crippen molar-refractivity contribution in [3.05, 3.63) is 43.1 Å². The summed E-state index contributed by atoms with van der Waals surface area (Å²) in [6.45, 7) is -0.719. The third-order valence-corrected chi connectivity index (χ3v) is 7.09. The number of nitrogens with zero attached hydrogens (tertiary/aromatic N) is 9. The lowest BCUT2D eigenvalue weighted by molar-refractivity contribution is -0.167. The Balaban J connectivity index is 1.45. The summed E-state index contributed by atoms with van der Waals surface area (Å²) in [5.74, 6) is 0.403. The quantitative estimate of drug-likeness (QED) is 0.337. The third-order valence-electron chi connectivity index (χ3n) is 6.16. The average Bonchev–Trinajstić information content (AvgIpc) is 3.54. The van der Waals surface area contributed by atoms with Gasteiger partial charge in [-0.15, -0.1) is 0 Å². The van der Waals surface area contributed by atoms with E-state index < -0.39 is 28.1 Å². The molecule has 0 aliphatic carbocycles. The van der Waals surface area contributed by atoms with E-state index in [1.54, 1.807) is 52.2 Å². The summed E-state index contributed by atoms with van der Waals surface area (Å²) in [4.78, 5) is 10.3. The highest BCUT2D eigenvalue weighted by Gasteiger charge is 2.48. The van der Waals surface area contributed by atoms with E-state index in [-0.39, 0.29) is 31.8 Å². The van der Waals surface area contributed by atoms with Crippen LogP contribution in [0.2, 0.25) is 0 Å². The molecule has 4 aromatic heterocycles. The molecule has 0 unspecified atom stereocenters. The van der Waals surface area contributed by atoms with Crippen LogP contribution in [0.1, 0.15) is 6.42 Å². The van der Waals surface area contributed by atoms with Crippen molar-refractivity contribution in [1.82, 2.24) is 38.8 Å². The molecule has 1 aliphatic rings. The zero-order chi connectivity index (χ0) is 26.4. The van der Waals surface area contributed by atoms with Gasteiger partial charge in [0.25, 0.3) is 0 Å². The van der Waals surface area contributed by atoms with Crippen LogP contribution in [0, 0.1) is 11.3 Å². The van der Waals surface area contributed by atoms with Gasteiger partial charge in [-0.25, -0.2) is 18.4 Å². The summed E-state index contributed by atoms with van der Waals surface area (Å²) in [7, 11) is -3.15. The largest absolute Gasteiger partial charge is 0.401 e. The van der Waals surface area contributed by atoms with E-state index >= 15 is 0 Å². The highest BCUT2D eigenvalue weighted by atomic mass is 32.2. The zero-order valence-corrected chi connectivity index (χ0v) is 20.5. The number of hydrogen-bond donors (Lipinski definition) is 0. The molecule has 1 saturated heterocycles. The van der Waals surface area contributed by atoms with E-state index in [0.29, 0.717) is 28.4 Å². The predicted molar refractivity (Wildman–Crippen MR) is 126 cm³/mol. The molecule has 15 heteroatoms. The highest BCUT2D eigenvalue weighted by Crippen LogP contribution is 2.35. The molecule has 0 N–H and O–H groups in total. The number of likely N-dealkylation sites (tertiary alicyclic amines) is 1. The van der Waals surface area contributed by atoms with Gasteiger partial charge in [0.05, 0.1) is 43.2 Å². The fourth-order valence-corrected chi connectivity index (χ4v) is 4.99. The number of hydrogen-bond acceptors (Lipinski definition) is 8. The molecule has 1 fully saturated rings. The van der Waals surface area contributed by atoms with Gasteiger partial charge in [0.1, 0.15) is 26.7 Å². The van der Waals surface area contributed by atoms with Gasteiger partial charge in [0.2, 0.25) is 0 Å². The third kappa shape index (κ3) is 5.20. The number of rotatable bonds is 8. The van der Waals surface area contributed by atoms with Gasteiger partial charge in [0, 0.05) is 55.8 Å². The Morgan fingerprint density at radius 3 is 2.70 bits per heavy atom. The van der Waals surface area contributed by atoms with Crippen molar-refractivity contribution < 1.29 is 21.6 Å². The van der Waals surface area contributed by atoms with Gasteiger partial charge in [0.15, 0.2) is 5.82 Å². The van der Waals surface area contributed by atoms with Crippen LogP contribution in [-0.2, 0) is 21.9 Å². The lowest BCUT2D eigenvalue weighted by Gasteiger charge is -2.49. The molecule has 1 aliphatic heterocycles. The van der Waals surface area contributed by atoms with Crippen LogP contribution >= 0.6 is 0 Å². The molecule has 0 atom stereocenters. The van der Waals surface area contributed by atoms with Crippen LogP contribution in [0.4, 0.5) is 13.2 Å². The molecule has 5 heterocycles. The topological polar surface area (TPSA) is 127 Å². The van der Waals surface area contributed by atoms with Gasteiger partial charge in [-0.3, -0.25) is 18.7 Å². The van der Waals surface area contributed by atoms with Crippen LogP contribution in [0.25, 0.3) is 28.4 Å². The number of fused-ring (bicyclic) bond motifs is 1. The standard InChI is InChI=1S/C22H22F3N9O2S/c1-37(35,36)9-8-32-12-16(11-28-32)18-10-19-27-5-7-33(19)20(29-18)17-2-6-34(30-17)21(3-4-26)13-31(14-21)15-22(23,24)25/h2,5-7,10-12H,3,8-9,13-15H2,1H3. The lowest BCUT2D eigenvalue weighted by atomic mass is 9.87. The Bertz CT molecular complexity index is 1590. The van der Waals surface area contributed by atoms with Crippen LogP contribution in [0.3, 0.4) is 0 Å². The first-order valence-corrected chi connectivity index (χ1v) is 13.3. The second-order valence-corrected chi connectivity index (χ2v) is 11.5. The zero-order valence-electron chi connectivity index (χ0n) is 19.7. The molecule has 11 nitrogen and oxygen atoms in total. The van der Waals surface area contributed by atoms with E-state index in [1.807, 2.05) is 0 Å². The van der Waals surface area contributed by atoms with E-state index in [4.69, 9.17) is 4.98 Å². The molecule has 0 radical (unpaired) electrons. The predicted octanol–water partition coefficient (Wildman–Crippen LogP) is 1.99. The first-order chi connectivity index (χ1) is 17.4. The van der Waals surface area contributed by atoms with Crippen LogP contribution in [-0.4, -0.2) is 85.1 Å². The van der Waals surface area contributed by atoms with E-state index in [9.17, 15) is 26.9 Å². The fourth-order valence-electron chi connectivity index (χ4n) is 4.47. The minimum atomic E-state index is -4.32. The summed E-state index contributed by atoms with van der Waals surface area (Å²) >= 11 is 0. The van der Waals surface area contributed by atoms with Crippen molar-refractivity contribution in [3.8, 4) is 28.8 Å². The average molecular weight is 534 g/mol. The highest BCUT2D eigenvalue weighted by molar-refractivity contribution is 7.90. The molecule has 4 aromatic rings. The minimum absolute atomic E-state index is 0.0170. The van der Waals surface area contributed by atoms with E-state index in [1.165, 1.54) is 9.58 Å². The minimum Gasteiger partial charge on any atom is -0.290 e. The van der Waals surface area contributed by atoms with E-state index in [0.717, 1.165) is 6.26 Å².